The first kappa shape index (κ1) is 20.7. The van der Waals surface area contributed by atoms with E-state index < -0.39 is 0 Å². The van der Waals surface area contributed by atoms with Crippen LogP contribution in [-0.2, 0) is 0 Å². The highest BCUT2D eigenvalue weighted by Crippen LogP contribution is 1.64. The molecule has 0 amide bonds. The molecule has 0 rings (SSSR count). The van der Waals surface area contributed by atoms with Gasteiger partial charge in [-0.2, -0.15) is 0 Å². The number of hydrogen-bond donors (Lipinski definition) is 7. The van der Waals surface area contributed by atoms with Crippen molar-refractivity contribution >= 4 is 0 Å². The SMILES string of the molecule is CNCCNCCNCCNCCNCCNCCNC. The van der Waals surface area contributed by atoms with Gasteiger partial charge in [-0.15, -0.1) is 0 Å². The van der Waals surface area contributed by atoms with Gasteiger partial charge in [-0.3, -0.25) is 0 Å². The van der Waals surface area contributed by atoms with E-state index in [0.717, 1.165) is 78.5 Å². The van der Waals surface area contributed by atoms with E-state index in [4.69, 9.17) is 0 Å². The molecule has 0 spiro atoms. The average Bonchev–Trinajstić information content (AvgIpc) is 2.50. The molecule has 7 N–H and O–H groups in total. The summed E-state index contributed by atoms with van der Waals surface area (Å²) in [5.41, 5.74) is 0. The van der Waals surface area contributed by atoms with Crippen LogP contribution in [0.3, 0.4) is 0 Å². The minimum absolute atomic E-state index is 1.03. The van der Waals surface area contributed by atoms with Crippen LogP contribution in [0.15, 0.2) is 0 Å². The van der Waals surface area contributed by atoms with Crippen LogP contribution >= 0.6 is 0 Å². The first-order valence-electron chi connectivity index (χ1n) is 8.24. The van der Waals surface area contributed by atoms with E-state index in [9.17, 15) is 0 Å². The first-order chi connectivity index (χ1) is 10.4. The molecule has 0 aliphatic rings. The molecule has 0 aromatic heterocycles. The second kappa shape index (κ2) is 19.7. The quantitative estimate of drug-likeness (QED) is 0.140. The minimum Gasteiger partial charge on any atom is -0.318 e. The standard InChI is InChI=1S/C14H37N7/c1-15-3-5-17-7-9-19-11-13-21-14-12-20-10-8-18-6-4-16-2/h15-21H,3-14H2,1-2H3. The van der Waals surface area contributed by atoms with Gasteiger partial charge in [0, 0.05) is 78.5 Å². The van der Waals surface area contributed by atoms with Gasteiger partial charge in [0.2, 0.25) is 0 Å². The Labute approximate surface area is 130 Å². The summed E-state index contributed by atoms with van der Waals surface area (Å²) >= 11 is 0. The lowest BCUT2D eigenvalue weighted by atomic mass is 10.5. The maximum Gasteiger partial charge on any atom is 0.00772 e. The van der Waals surface area contributed by atoms with Crippen molar-refractivity contribution in [2.24, 2.45) is 0 Å². The third-order valence-electron chi connectivity index (χ3n) is 3.02. The van der Waals surface area contributed by atoms with E-state index in [0.29, 0.717) is 0 Å². The Bertz CT molecular complexity index is 163. The molecule has 0 aliphatic heterocycles. The van der Waals surface area contributed by atoms with Gasteiger partial charge in [0.1, 0.15) is 0 Å². The second-order valence-corrected chi connectivity index (χ2v) is 4.96. The molecule has 128 valence electrons. The third-order valence-corrected chi connectivity index (χ3v) is 3.02. The maximum atomic E-state index is 3.42. The van der Waals surface area contributed by atoms with Gasteiger partial charge < -0.3 is 37.2 Å². The van der Waals surface area contributed by atoms with Gasteiger partial charge in [0.05, 0.1) is 0 Å². The highest BCUT2D eigenvalue weighted by atomic mass is 15.0. The maximum absolute atomic E-state index is 3.42. The first-order valence-corrected chi connectivity index (χ1v) is 8.24. The summed E-state index contributed by atoms with van der Waals surface area (Å²) in [4.78, 5) is 0. The third kappa shape index (κ3) is 19.7. The average molecular weight is 303 g/mol. The van der Waals surface area contributed by atoms with Crippen LogP contribution in [-0.4, -0.2) is 92.6 Å². The zero-order valence-electron chi connectivity index (χ0n) is 14.0. The number of nitrogens with one attached hydrogen (secondary N) is 7. The summed E-state index contributed by atoms with van der Waals surface area (Å²) in [6.07, 6.45) is 0. The summed E-state index contributed by atoms with van der Waals surface area (Å²) in [7, 11) is 3.95. The van der Waals surface area contributed by atoms with E-state index in [1.165, 1.54) is 0 Å². The van der Waals surface area contributed by atoms with Crippen molar-refractivity contribution in [3.8, 4) is 0 Å². The number of hydrogen-bond acceptors (Lipinski definition) is 7. The molecule has 0 aromatic carbocycles. The minimum atomic E-state index is 1.03. The molecule has 7 heteroatoms. The molecule has 0 atom stereocenters. The molecule has 0 aromatic rings. The summed E-state index contributed by atoms with van der Waals surface area (Å²) in [5, 5.41) is 23.2. The molecular formula is C14H37N7. The fourth-order valence-electron chi connectivity index (χ4n) is 1.76. The van der Waals surface area contributed by atoms with E-state index in [1.54, 1.807) is 0 Å². The molecule has 21 heavy (non-hydrogen) atoms. The predicted octanol–water partition coefficient (Wildman–Crippen LogP) is -2.63. The molecule has 0 saturated carbocycles. The highest BCUT2D eigenvalue weighted by molar-refractivity contribution is 4.58. The molecule has 0 fully saturated rings. The van der Waals surface area contributed by atoms with E-state index in [1.807, 2.05) is 14.1 Å². The topological polar surface area (TPSA) is 84.2 Å². The molecule has 7 nitrogen and oxygen atoms in total. The van der Waals surface area contributed by atoms with Crippen molar-refractivity contribution in [3.05, 3.63) is 0 Å². The smallest absolute Gasteiger partial charge is 0.00772 e. The molecule has 0 heterocycles. The lowest BCUT2D eigenvalue weighted by Crippen LogP contribution is -2.37. The van der Waals surface area contributed by atoms with Crippen molar-refractivity contribution < 1.29 is 0 Å². The Kier molecular flexibility index (Phi) is 19.5. The van der Waals surface area contributed by atoms with Crippen molar-refractivity contribution in [1.29, 1.82) is 0 Å². The Balaban J connectivity index is 2.90. The van der Waals surface area contributed by atoms with Crippen LogP contribution in [0.1, 0.15) is 0 Å². The Morgan fingerprint density at radius 2 is 0.524 bits per heavy atom. The largest absolute Gasteiger partial charge is 0.318 e. The summed E-state index contributed by atoms with van der Waals surface area (Å²) in [5.74, 6) is 0. The van der Waals surface area contributed by atoms with Gasteiger partial charge in [0.15, 0.2) is 0 Å². The fourth-order valence-corrected chi connectivity index (χ4v) is 1.76. The van der Waals surface area contributed by atoms with E-state index in [2.05, 4.69) is 37.2 Å². The molecule has 0 bridgehead atoms. The molecular weight excluding hydrogens is 266 g/mol. The van der Waals surface area contributed by atoms with Crippen LogP contribution in [0.5, 0.6) is 0 Å². The van der Waals surface area contributed by atoms with Crippen molar-refractivity contribution in [2.75, 3.05) is 92.6 Å². The monoisotopic (exact) mass is 303 g/mol. The molecule has 0 saturated heterocycles. The van der Waals surface area contributed by atoms with Crippen LogP contribution in [0, 0.1) is 0 Å². The van der Waals surface area contributed by atoms with Gasteiger partial charge >= 0.3 is 0 Å². The normalized spacial score (nSPS) is 11.1. The van der Waals surface area contributed by atoms with Crippen molar-refractivity contribution in [3.63, 3.8) is 0 Å². The zero-order valence-corrected chi connectivity index (χ0v) is 14.0. The van der Waals surface area contributed by atoms with E-state index >= 15 is 0 Å². The Morgan fingerprint density at radius 3 is 0.714 bits per heavy atom. The zero-order chi connectivity index (χ0) is 15.4. The summed E-state index contributed by atoms with van der Waals surface area (Å²) < 4.78 is 0. The van der Waals surface area contributed by atoms with Gasteiger partial charge in [-0.05, 0) is 14.1 Å². The van der Waals surface area contributed by atoms with Crippen LogP contribution in [0.25, 0.3) is 0 Å². The fraction of sp³-hybridized carbons (Fsp3) is 1.00. The Morgan fingerprint density at radius 1 is 0.333 bits per heavy atom. The van der Waals surface area contributed by atoms with Crippen LogP contribution < -0.4 is 37.2 Å². The molecule has 0 unspecified atom stereocenters. The van der Waals surface area contributed by atoms with E-state index in [-0.39, 0.29) is 0 Å². The summed E-state index contributed by atoms with van der Waals surface area (Å²) in [6, 6.07) is 0. The van der Waals surface area contributed by atoms with Crippen molar-refractivity contribution in [2.45, 2.75) is 0 Å². The van der Waals surface area contributed by atoms with Crippen LogP contribution in [0.2, 0.25) is 0 Å². The Hall–Kier alpha value is -0.280. The van der Waals surface area contributed by atoms with Gasteiger partial charge in [-0.1, -0.05) is 0 Å². The summed E-state index contributed by atoms with van der Waals surface area (Å²) in [6.45, 7) is 12.4. The molecule has 0 aliphatic carbocycles. The van der Waals surface area contributed by atoms with Gasteiger partial charge in [-0.25, -0.2) is 0 Å². The van der Waals surface area contributed by atoms with Crippen LogP contribution in [0.4, 0.5) is 0 Å². The number of rotatable bonds is 18. The van der Waals surface area contributed by atoms with Crippen molar-refractivity contribution in [1.82, 2.24) is 37.2 Å². The lowest BCUT2D eigenvalue weighted by molar-refractivity contribution is 0.554. The second-order valence-electron chi connectivity index (χ2n) is 4.96. The lowest BCUT2D eigenvalue weighted by Gasteiger charge is -2.09. The number of likely N-dealkylation sites (N-methyl/N-ethyl adjacent to an activating group) is 2. The molecule has 0 radical (unpaired) electrons. The predicted molar refractivity (Wildman–Crippen MR) is 92.2 cm³/mol. The van der Waals surface area contributed by atoms with Gasteiger partial charge in [0.25, 0.3) is 0 Å². The highest BCUT2D eigenvalue weighted by Gasteiger charge is 1.90.